The minimum absolute atomic E-state index is 0.851. The molecule has 3 saturated heterocycles. The Morgan fingerprint density at radius 3 is 2.47 bits per heavy atom. The summed E-state index contributed by atoms with van der Waals surface area (Å²) in [4.78, 5) is 2.58. The van der Waals surface area contributed by atoms with Crippen LogP contribution in [0.5, 0.6) is 0 Å². The van der Waals surface area contributed by atoms with Gasteiger partial charge in [0.1, 0.15) is 0 Å². The average molecular weight is 228 g/mol. The Hall–Kier alpha value is -1.28. The highest BCUT2D eigenvalue weighted by Gasteiger charge is 2.28. The minimum Gasteiger partial charge on any atom is -0.399 e. The zero-order valence-corrected chi connectivity index (χ0v) is 10.2. The molecule has 0 spiro atoms. The van der Waals surface area contributed by atoms with Crippen LogP contribution in [-0.2, 0) is 6.42 Å². The molecule has 0 saturated carbocycles. The highest BCUT2D eigenvalue weighted by Crippen LogP contribution is 2.31. The normalized spacial score (nSPS) is 29.8. The Bertz CT molecular complexity index is 411. The molecule has 4 rings (SSSR count). The number of hydrogen-bond donors (Lipinski definition) is 1. The maximum Gasteiger partial charge on any atom is 0.0314 e. The van der Waals surface area contributed by atoms with Gasteiger partial charge in [-0.05, 0) is 56.0 Å². The van der Waals surface area contributed by atoms with Gasteiger partial charge in [0.15, 0.2) is 0 Å². The summed E-state index contributed by atoms with van der Waals surface area (Å²) in [5, 5.41) is 0. The monoisotopic (exact) mass is 228 g/mol. The van der Waals surface area contributed by atoms with Crippen LogP contribution in [0.3, 0.4) is 0 Å². The molecule has 17 heavy (non-hydrogen) atoms. The number of hydrogen-bond acceptors (Lipinski definition) is 2. The number of nitrogens with two attached hydrogens (primary N) is 1. The number of fused-ring (bicyclic) bond motifs is 3. The Morgan fingerprint density at radius 1 is 1.18 bits per heavy atom. The van der Waals surface area contributed by atoms with Crippen molar-refractivity contribution < 1.29 is 0 Å². The maximum atomic E-state index is 5.69. The molecule has 0 amide bonds. The number of anilines is 1. The van der Waals surface area contributed by atoms with E-state index in [0.29, 0.717) is 0 Å². The van der Waals surface area contributed by atoms with E-state index in [0.717, 1.165) is 18.0 Å². The van der Waals surface area contributed by atoms with Crippen molar-refractivity contribution in [1.29, 1.82) is 0 Å². The summed E-state index contributed by atoms with van der Waals surface area (Å²) in [7, 11) is 0. The lowest BCUT2D eigenvalue weighted by Crippen LogP contribution is -2.43. The van der Waals surface area contributed by atoms with Crippen LogP contribution in [0, 0.1) is 5.92 Å². The standard InChI is InChI=1S/C15H20N2/c16-15-5-2-12(3-6-15)1-4-14-11-17-9-7-13(14)8-10-17/h2-6,13H,1,7-11,16H2. The second-order valence-corrected chi connectivity index (χ2v) is 5.28. The molecule has 3 heterocycles. The first-order valence-electron chi connectivity index (χ1n) is 6.57. The van der Waals surface area contributed by atoms with Crippen molar-refractivity contribution in [2.75, 3.05) is 25.4 Å². The molecular formula is C15H20N2. The van der Waals surface area contributed by atoms with Crippen molar-refractivity contribution in [2.45, 2.75) is 19.3 Å². The predicted octanol–water partition coefficient (Wildman–Crippen LogP) is 2.46. The van der Waals surface area contributed by atoms with Crippen LogP contribution in [-0.4, -0.2) is 24.5 Å². The molecule has 3 aliphatic rings. The third-order valence-corrected chi connectivity index (χ3v) is 4.10. The van der Waals surface area contributed by atoms with E-state index in [1.807, 2.05) is 12.1 Å². The van der Waals surface area contributed by atoms with Gasteiger partial charge in [-0.25, -0.2) is 0 Å². The lowest BCUT2D eigenvalue weighted by atomic mass is 9.83. The molecular weight excluding hydrogens is 208 g/mol. The summed E-state index contributed by atoms with van der Waals surface area (Å²) in [6.07, 6.45) is 6.24. The van der Waals surface area contributed by atoms with Crippen molar-refractivity contribution in [3.05, 3.63) is 41.5 Å². The van der Waals surface area contributed by atoms with Gasteiger partial charge in [0.25, 0.3) is 0 Å². The Morgan fingerprint density at radius 2 is 1.88 bits per heavy atom. The van der Waals surface area contributed by atoms with Crippen LogP contribution < -0.4 is 5.73 Å². The molecule has 3 aliphatic heterocycles. The molecule has 2 heteroatoms. The molecule has 3 fully saturated rings. The third-order valence-electron chi connectivity index (χ3n) is 4.10. The van der Waals surface area contributed by atoms with Gasteiger partial charge in [0.2, 0.25) is 0 Å². The van der Waals surface area contributed by atoms with Gasteiger partial charge in [0.05, 0.1) is 0 Å². The van der Waals surface area contributed by atoms with Gasteiger partial charge in [-0.3, -0.25) is 4.90 Å². The number of allylic oxidation sites excluding steroid dienone is 1. The zero-order valence-electron chi connectivity index (χ0n) is 10.2. The molecule has 0 atom stereocenters. The molecule has 2 bridgehead atoms. The van der Waals surface area contributed by atoms with Crippen molar-refractivity contribution in [3.8, 4) is 0 Å². The van der Waals surface area contributed by atoms with Gasteiger partial charge < -0.3 is 5.73 Å². The molecule has 1 aromatic rings. The Balaban J connectivity index is 1.68. The second-order valence-electron chi connectivity index (χ2n) is 5.28. The summed E-state index contributed by atoms with van der Waals surface area (Å²) < 4.78 is 0. The quantitative estimate of drug-likeness (QED) is 0.622. The second kappa shape index (κ2) is 4.53. The number of nitrogen functional groups attached to an aromatic ring is 1. The Labute approximate surface area is 103 Å². The van der Waals surface area contributed by atoms with Crippen LogP contribution in [0.1, 0.15) is 18.4 Å². The first-order valence-corrected chi connectivity index (χ1v) is 6.57. The summed E-state index contributed by atoms with van der Waals surface area (Å²) in [5.74, 6) is 0.869. The number of piperidine rings is 3. The van der Waals surface area contributed by atoms with Crippen molar-refractivity contribution in [2.24, 2.45) is 5.92 Å². The van der Waals surface area contributed by atoms with Crippen LogP contribution >= 0.6 is 0 Å². The van der Waals surface area contributed by atoms with E-state index in [2.05, 4.69) is 23.1 Å². The van der Waals surface area contributed by atoms with Crippen LogP contribution in [0.15, 0.2) is 35.9 Å². The van der Waals surface area contributed by atoms with Gasteiger partial charge in [-0.1, -0.05) is 23.8 Å². The fraction of sp³-hybridized carbons (Fsp3) is 0.467. The topological polar surface area (TPSA) is 29.3 Å². The molecule has 1 aromatic carbocycles. The van der Waals surface area contributed by atoms with Gasteiger partial charge in [-0.2, -0.15) is 0 Å². The fourth-order valence-electron chi connectivity index (χ4n) is 2.98. The summed E-state index contributed by atoms with van der Waals surface area (Å²) in [6.45, 7) is 3.83. The molecule has 0 radical (unpaired) electrons. The molecule has 2 N–H and O–H groups in total. The summed E-state index contributed by atoms with van der Waals surface area (Å²) in [6, 6.07) is 8.25. The SMILES string of the molecule is Nc1ccc(CC=C2CN3CCC2CC3)cc1. The van der Waals surface area contributed by atoms with Gasteiger partial charge in [-0.15, -0.1) is 0 Å². The predicted molar refractivity (Wildman–Crippen MR) is 71.8 cm³/mol. The molecule has 90 valence electrons. The maximum absolute atomic E-state index is 5.69. The first kappa shape index (κ1) is 10.8. The van der Waals surface area contributed by atoms with E-state index in [1.165, 1.54) is 38.0 Å². The largest absolute Gasteiger partial charge is 0.399 e. The minimum atomic E-state index is 0.851. The fourth-order valence-corrected chi connectivity index (χ4v) is 2.98. The van der Waals surface area contributed by atoms with E-state index in [4.69, 9.17) is 5.73 Å². The van der Waals surface area contributed by atoms with E-state index in [-0.39, 0.29) is 0 Å². The lowest BCUT2D eigenvalue weighted by Gasteiger charge is -2.41. The van der Waals surface area contributed by atoms with Crippen LogP contribution in [0.4, 0.5) is 5.69 Å². The molecule has 0 aromatic heterocycles. The highest BCUT2D eigenvalue weighted by atomic mass is 15.1. The van der Waals surface area contributed by atoms with E-state index in [1.54, 1.807) is 5.57 Å². The van der Waals surface area contributed by atoms with Gasteiger partial charge in [0, 0.05) is 12.2 Å². The van der Waals surface area contributed by atoms with E-state index < -0.39 is 0 Å². The summed E-state index contributed by atoms with van der Waals surface area (Å²) >= 11 is 0. The number of nitrogens with zero attached hydrogens (tertiary/aromatic N) is 1. The van der Waals surface area contributed by atoms with Crippen LogP contribution in [0.2, 0.25) is 0 Å². The average Bonchev–Trinajstić information content (AvgIpc) is 2.39. The van der Waals surface area contributed by atoms with Crippen LogP contribution in [0.25, 0.3) is 0 Å². The zero-order chi connectivity index (χ0) is 11.7. The molecule has 0 unspecified atom stereocenters. The van der Waals surface area contributed by atoms with E-state index >= 15 is 0 Å². The lowest BCUT2D eigenvalue weighted by molar-refractivity contribution is 0.161. The smallest absolute Gasteiger partial charge is 0.0314 e. The molecule has 0 aliphatic carbocycles. The highest BCUT2D eigenvalue weighted by molar-refractivity contribution is 5.39. The molecule has 2 nitrogen and oxygen atoms in total. The number of benzene rings is 1. The first-order chi connectivity index (χ1) is 8.31. The number of rotatable bonds is 2. The van der Waals surface area contributed by atoms with Gasteiger partial charge >= 0.3 is 0 Å². The van der Waals surface area contributed by atoms with E-state index in [9.17, 15) is 0 Å². The van der Waals surface area contributed by atoms with Crippen molar-refractivity contribution in [1.82, 2.24) is 4.90 Å². The van der Waals surface area contributed by atoms with Crippen molar-refractivity contribution in [3.63, 3.8) is 0 Å². The summed E-state index contributed by atoms with van der Waals surface area (Å²) in [5.41, 5.74) is 9.57. The third kappa shape index (κ3) is 2.37. The van der Waals surface area contributed by atoms with Crippen molar-refractivity contribution >= 4 is 5.69 Å². The Kier molecular flexibility index (Phi) is 2.89.